The molecule has 5 nitrogen and oxygen atoms in total. The molecule has 3 heterocycles. The van der Waals surface area contributed by atoms with Gasteiger partial charge in [0.05, 0.1) is 12.7 Å². The predicted molar refractivity (Wildman–Crippen MR) is 62.4 cm³/mol. The predicted octanol–water partition coefficient (Wildman–Crippen LogP) is 1.44. The van der Waals surface area contributed by atoms with Gasteiger partial charge in [-0.2, -0.15) is 5.10 Å². The summed E-state index contributed by atoms with van der Waals surface area (Å²) in [4.78, 5) is 11.0. The van der Waals surface area contributed by atoms with Crippen LogP contribution in [0, 0.1) is 0 Å². The molecule has 5 heteroatoms. The fourth-order valence-corrected chi connectivity index (χ4v) is 2.23. The third kappa shape index (κ3) is 1.20. The van der Waals surface area contributed by atoms with Crippen molar-refractivity contribution in [3.8, 4) is 0 Å². The van der Waals surface area contributed by atoms with E-state index in [4.69, 9.17) is 0 Å². The third-order valence-electron chi connectivity index (χ3n) is 3.01. The van der Waals surface area contributed by atoms with Crippen LogP contribution in [0.15, 0.2) is 12.5 Å². The van der Waals surface area contributed by atoms with Crippen LogP contribution >= 0.6 is 0 Å². The summed E-state index contributed by atoms with van der Waals surface area (Å²) < 4.78 is 1.99. The molecule has 0 unspecified atom stereocenters. The van der Waals surface area contributed by atoms with Gasteiger partial charge in [-0.05, 0) is 20.8 Å². The average Bonchev–Trinajstić information content (AvgIpc) is 2.63. The van der Waals surface area contributed by atoms with Crippen LogP contribution in [-0.4, -0.2) is 31.8 Å². The minimum absolute atomic E-state index is 0.0802. The summed E-state index contributed by atoms with van der Waals surface area (Å²) in [6, 6.07) is 0. The van der Waals surface area contributed by atoms with Crippen LogP contribution in [0.25, 0.3) is 11.0 Å². The van der Waals surface area contributed by atoms with Gasteiger partial charge in [-0.25, -0.2) is 9.97 Å². The molecule has 0 spiro atoms. The van der Waals surface area contributed by atoms with Crippen LogP contribution in [-0.2, 0) is 6.54 Å². The van der Waals surface area contributed by atoms with Gasteiger partial charge in [-0.1, -0.05) is 0 Å². The van der Waals surface area contributed by atoms with E-state index in [0.717, 1.165) is 29.9 Å². The Morgan fingerprint density at radius 1 is 1.19 bits per heavy atom. The van der Waals surface area contributed by atoms with Gasteiger partial charge in [-0.3, -0.25) is 4.68 Å². The summed E-state index contributed by atoms with van der Waals surface area (Å²) in [5.74, 6) is 1.00. The third-order valence-corrected chi connectivity index (χ3v) is 3.01. The van der Waals surface area contributed by atoms with E-state index in [1.54, 1.807) is 6.33 Å². The molecule has 2 aromatic heterocycles. The second-order valence-corrected chi connectivity index (χ2v) is 5.12. The number of rotatable bonds is 0. The number of hydrogen-bond acceptors (Lipinski definition) is 4. The molecule has 0 saturated heterocycles. The quantitative estimate of drug-likeness (QED) is 0.670. The van der Waals surface area contributed by atoms with Crippen molar-refractivity contribution < 1.29 is 0 Å². The van der Waals surface area contributed by atoms with Crippen LogP contribution in [0.4, 0.5) is 5.82 Å². The van der Waals surface area contributed by atoms with Gasteiger partial charge in [0.25, 0.3) is 0 Å². The molecule has 3 rings (SSSR count). The minimum atomic E-state index is 0.0802. The van der Waals surface area contributed by atoms with Crippen molar-refractivity contribution in [3.05, 3.63) is 12.5 Å². The van der Waals surface area contributed by atoms with E-state index < -0.39 is 0 Å². The van der Waals surface area contributed by atoms with E-state index in [-0.39, 0.29) is 5.54 Å². The van der Waals surface area contributed by atoms with E-state index in [0.29, 0.717) is 0 Å². The Kier molecular flexibility index (Phi) is 1.75. The second-order valence-electron chi connectivity index (χ2n) is 5.12. The lowest BCUT2D eigenvalue weighted by Gasteiger charge is -2.39. The van der Waals surface area contributed by atoms with E-state index in [2.05, 4.69) is 40.7 Å². The smallest absolute Gasteiger partial charge is 0.158 e. The summed E-state index contributed by atoms with van der Waals surface area (Å²) in [5, 5.41) is 4.33. The van der Waals surface area contributed by atoms with Crippen molar-refractivity contribution in [1.82, 2.24) is 19.7 Å². The first-order chi connectivity index (χ1) is 7.57. The van der Waals surface area contributed by atoms with Crippen molar-refractivity contribution in [3.63, 3.8) is 0 Å². The second kappa shape index (κ2) is 2.93. The molecule has 0 atom stereocenters. The van der Waals surface area contributed by atoms with Crippen molar-refractivity contribution >= 4 is 16.9 Å². The average molecular weight is 217 g/mol. The number of aromatic nitrogens is 4. The SMILES string of the molecule is CC(C)(C)N1CCn2ncc3ncnc1c32. The first-order valence-corrected chi connectivity index (χ1v) is 5.51. The lowest BCUT2D eigenvalue weighted by molar-refractivity contribution is 0.460. The summed E-state index contributed by atoms with van der Waals surface area (Å²) in [6.45, 7) is 8.46. The molecule has 0 N–H and O–H groups in total. The number of nitrogens with zero attached hydrogens (tertiary/aromatic N) is 5. The largest absolute Gasteiger partial charge is 0.348 e. The highest BCUT2D eigenvalue weighted by molar-refractivity contribution is 5.86. The van der Waals surface area contributed by atoms with Crippen molar-refractivity contribution in [2.45, 2.75) is 32.9 Å². The van der Waals surface area contributed by atoms with Crippen molar-refractivity contribution in [2.75, 3.05) is 11.4 Å². The van der Waals surface area contributed by atoms with Crippen LogP contribution in [0.1, 0.15) is 20.8 Å². The Hall–Kier alpha value is -1.65. The lowest BCUT2D eigenvalue weighted by Crippen LogP contribution is -2.46. The maximum absolute atomic E-state index is 4.41. The molecule has 84 valence electrons. The Morgan fingerprint density at radius 3 is 2.75 bits per heavy atom. The normalized spacial score (nSPS) is 15.8. The summed E-state index contributed by atoms with van der Waals surface area (Å²) in [7, 11) is 0. The molecule has 1 aliphatic rings. The van der Waals surface area contributed by atoms with Gasteiger partial charge >= 0.3 is 0 Å². The first kappa shape index (κ1) is 9.57. The van der Waals surface area contributed by atoms with Gasteiger partial charge in [-0.15, -0.1) is 0 Å². The minimum Gasteiger partial charge on any atom is -0.348 e. The molecule has 2 aromatic rings. The van der Waals surface area contributed by atoms with Gasteiger partial charge in [0.1, 0.15) is 17.4 Å². The van der Waals surface area contributed by atoms with Crippen molar-refractivity contribution in [1.29, 1.82) is 0 Å². The summed E-state index contributed by atoms with van der Waals surface area (Å²) >= 11 is 0. The van der Waals surface area contributed by atoms with E-state index >= 15 is 0 Å². The van der Waals surface area contributed by atoms with Gasteiger partial charge in [0.2, 0.25) is 0 Å². The van der Waals surface area contributed by atoms with Gasteiger partial charge in [0, 0.05) is 12.1 Å². The first-order valence-electron chi connectivity index (χ1n) is 5.51. The highest BCUT2D eigenvalue weighted by Gasteiger charge is 2.29. The van der Waals surface area contributed by atoms with Crippen LogP contribution < -0.4 is 4.90 Å². The molecule has 0 amide bonds. The highest BCUT2D eigenvalue weighted by atomic mass is 15.4. The molecule has 1 aliphatic heterocycles. The monoisotopic (exact) mass is 217 g/mol. The van der Waals surface area contributed by atoms with Crippen LogP contribution in [0.3, 0.4) is 0 Å². The molecule has 0 saturated carbocycles. The molecule has 0 fully saturated rings. The molecule has 0 radical (unpaired) electrons. The lowest BCUT2D eigenvalue weighted by atomic mass is 10.1. The fraction of sp³-hybridized carbons (Fsp3) is 0.545. The van der Waals surface area contributed by atoms with Crippen LogP contribution in [0.5, 0.6) is 0 Å². The highest BCUT2D eigenvalue weighted by Crippen LogP contribution is 2.31. The number of hydrogen-bond donors (Lipinski definition) is 0. The topological polar surface area (TPSA) is 46.8 Å². The Labute approximate surface area is 94.1 Å². The molecular weight excluding hydrogens is 202 g/mol. The molecule has 0 bridgehead atoms. The molecular formula is C11H15N5. The maximum atomic E-state index is 4.41. The van der Waals surface area contributed by atoms with Crippen molar-refractivity contribution in [2.24, 2.45) is 0 Å². The summed E-state index contributed by atoms with van der Waals surface area (Å²) in [5.41, 5.74) is 2.07. The van der Waals surface area contributed by atoms with Gasteiger partial charge < -0.3 is 4.90 Å². The molecule has 0 aromatic carbocycles. The fourth-order valence-electron chi connectivity index (χ4n) is 2.23. The molecule has 16 heavy (non-hydrogen) atoms. The Morgan fingerprint density at radius 2 is 2.00 bits per heavy atom. The van der Waals surface area contributed by atoms with E-state index in [9.17, 15) is 0 Å². The zero-order valence-electron chi connectivity index (χ0n) is 9.80. The van der Waals surface area contributed by atoms with E-state index in [1.807, 2.05) is 10.9 Å². The number of anilines is 1. The van der Waals surface area contributed by atoms with Crippen LogP contribution in [0.2, 0.25) is 0 Å². The maximum Gasteiger partial charge on any atom is 0.158 e. The standard InChI is InChI=1S/C11H15N5/c1-11(2,3)15-4-5-16-9-8(6-14-16)12-7-13-10(9)15/h6-7H,4-5H2,1-3H3. The van der Waals surface area contributed by atoms with E-state index in [1.165, 1.54) is 0 Å². The zero-order chi connectivity index (χ0) is 11.3. The molecule has 0 aliphatic carbocycles. The Bertz CT molecular complexity index is 537. The Balaban J connectivity index is 2.27. The summed E-state index contributed by atoms with van der Waals surface area (Å²) in [6.07, 6.45) is 3.43. The zero-order valence-corrected chi connectivity index (χ0v) is 9.80. The van der Waals surface area contributed by atoms with Gasteiger partial charge in [0.15, 0.2) is 5.82 Å².